The fraction of sp³-hybridized carbons (Fsp3) is 0.714. The van der Waals surface area contributed by atoms with Gasteiger partial charge >= 0.3 is 0 Å². The highest BCUT2D eigenvalue weighted by Crippen LogP contribution is 2.29. The van der Waals surface area contributed by atoms with Gasteiger partial charge in [0.2, 0.25) is 5.91 Å². The molecular formula is C14H20N2O2S2. The van der Waals surface area contributed by atoms with Gasteiger partial charge in [0.1, 0.15) is 0 Å². The van der Waals surface area contributed by atoms with E-state index in [1.54, 1.807) is 0 Å². The van der Waals surface area contributed by atoms with Gasteiger partial charge in [0, 0.05) is 17.1 Å². The molecule has 1 amide bonds. The van der Waals surface area contributed by atoms with Crippen molar-refractivity contribution in [2.75, 3.05) is 13.2 Å². The van der Waals surface area contributed by atoms with Crippen molar-refractivity contribution in [1.82, 2.24) is 9.88 Å². The molecule has 0 spiro atoms. The first-order valence-corrected chi connectivity index (χ1v) is 8.47. The Morgan fingerprint density at radius 3 is 3.05 bits per heavy atom. The maximum absolute atomic E-state index is 12.6. The van der Waals surface area contributed by atoms with Crippen LogP contribution in [0, 0.1) is 10.9 Å². The first kappa shape index (κ1) is 14.2. The van der Waals surface area contributed by atoms with E-state index in [9.17, 15) is 4.79 Å². The monoisotopic (exact) mass is 312 g/mol. The Bertz CT molecular complexity index is 550. The molecule has 0 unspecified atom stereocenters. The molecule has 2 fully saturated rings. The zero-order chi connectivity index (χ0) is 14.1. The van der Waals surface area contributed by atoms with Crippen LogP contribution in [0.15, 0.2) is 0 Å². The van der Waals surface area contributed by atoms with Crippen molar-refractivity contribution in [3.8, 4) is 0 Å². The number of amides is 1. The first-order valence-electron chi connectivity index (χ1n) is 7.25. The standard InChI is InChI=1S/C14H20N2O2S2/c1-9-12(20-14(19)15-9)8-13(17)16-6-7-18-11-5-3-2-4-10(11)16/h10-11H,2-8H2,1H3,(H,15,19)/t10-,11-/m0/s1. The number of aryl methyl sites for hydroxylation is 1. The number of ether oxygens (including phenoxy) is 1. The van der Waals surface area contributed by atoms with E-state index < -0.39 is 0 Å². The number of morpholine rings is 1. The highest BCUT2D eigenvalue weighted by Gasteiger charge is 2.36. The molecule has 1 aliphatic heterocycles. The molecule has 0 radical (unpaired) electrons. The summed E-state index contributed by atoms with van der Waals surface area (Å²) in [6.07, 6.45) is 5.33. The van der Waals surface area contributed by atoms with Crippen molar-refractivity contribution >= 4 is 29.5 Å². The number of aromatic nitrogens is 1. The Morgan fingerprint density at radius 2 is 2.30 bits per heavy atom. The third-order valence-electron chi connectivity index (χ3n) is 4.29. The summed E-state index contributed by atoms with van der Waals surface area (Å²) in [6.45, 7) is 3.39. The molecule has 1 aliphatic carbocycles. The Kier molecular flexibility index (Phi) is 4.23. The van der Waals surface area contributed by atoms with Crippen molar-refractivity contribution in [2.45, 2.75) is 51.2 Å². The normalized spacial score (nSPS) is 26.4. The minimum Gasteiger partial charge on any atom is -0.374 e. The lowest BCUT2D eigenvalue weighted by Crippen LogP contribution is -2.55. The molecule has 1 N–H and O–H groups in total. The summed E-state index contributed by atoms with van der Waals surface area (Å²) in [6, 6.07) is 0.289. The number of H-pyrrole nitrogens is 1. The molecule has 3 rings (SSSR count). The van der Waals surface area contributed by atoms with E-state index in [0.717, 1.165) is 33.9 Å². The van der Waals surface area contributed by atoms with Gasteiger partial charge in [-0.2, -0.15) is 0 Å². The second kappa shape index (κ2) is 5.95. The Morgan fingerprint density at radius 1 is 1.50 bits per heavy atom. The third kappa shape index (κ3) is 2.82. The number of thiazole rings is 1. The van der Waals surface area contributed by atoms with Gasteiger partial charge in [-0.1, -0.05) is 12.8 Å². The van der Waals surface area contributed by atoms with Gasteiger partial charge in [-0.05, 0) is 32.0 Å². The fourth-order valence-corrected chi connectivity index (χ4v) is 4.53. The summed E-state index contributed by atoms with van der Waals surface area (Å²) in [5, 5.41) is 0. The van der Waals surface area contributed by atoms with Gasteiger partial charge < -0.3 is 14.6 Å². The molecule has 1 aromatic rings. The molecule has 6 heteroatoms. The molecule has 0 bridgehead atoms. The van der Waals surface area contributed by atoms with Crippen molar-refractivity contribution in [3.05, 3.63) is 14.5 Å². The predicted octanol–water partition coefficient (Wildman–Crippen LogP) is 2.83. The quantitative estimate of drug-likeness (QED) is 0.854. The minimum absolute atomic E-state index is 0.221. The average molecular weight is 312 g/mol. The molecule has 4 nitrogen and oxygen atoms in total. The number of nitrogens with zero attached hydrogens (tertiary/aromatic N) is 1. The van der Waals surface area contributed by atoms with Crippen LogP contribution in [0.2, 0.25) is 0 Å². The lowest BCUT2D eigenvalue weighted by atomic mass is 9.90. The van der Waals surface area contributed by atoms with Crippen molar-refractivity contribution < 1.29 is 9.53 Å². The number of hydrogen-bond donors (Lipinski definition) is 1. The number of aromatic amines is 1. The topological polar surface area (TPSA) is 45.3 Å². The Labute approximate surface area is 128 Å². The van der Waals surface area contributed by atoms with Crippen LogP contribution in [0.25, 0.3) is 0 Å². The van der Waals surface area contributed by atoms with Gasteiger partial charge in [0.15, 0.2) is 3.95 Å². The maximum atomic E-state index is 12.6. The van der Waals surface area contributed by atoms with Crippen molar-refractivity contribution in [3.63, 3.8) is 0 Å². The van der Waals surface area contributed by atoms with E-state index >= 15 is 0 Å². The van der Waals surface area contributed by atoms with Crippen LogP contribution in [0.5, 0.6) is 0 Å². The highest BCUT2D eigenvalue weighted by atomic mass is 32.1. The average Bonchev–Trinajstić information content (AvgIpc) is 2.76. The molecule has 1 aromatic heterocycles. The molecule has 110 valence electrons. The number of carbonyl (C=O) groups is 1. The maximum Gasteiger partial charge on any atom is 0.228 e. The smallest absolute Gasteiger partial charge is 0.228 e. The number of hydrogen-bond acceptors (Lipinski definition) is 4. The summed E-state index contributed by atoms with van der Waals surface area (Å²) in [5.74, 6) is 0.221. The lowest BCUT2D eigenvalue weighted by Gasteiger charge is -2.43. The number of fused-ring (bicyclic) bond motifs is 1. The zero-order valence-electron chi connectivity index (χ0n) is 11.7. The second-order valence-corrected chi connectivity index (χ2v) is 7.36. The van der Waals surface area contributed by atoms with Crippen LogP contribution in [0.1, 0.15) is 36.3 Å². The van der Waals surface area contributed by atoms with Crippen LogP contribution >= 0.6 is 23.6 Å². The molecular weight excluding hydrogens is 292 g/mol. The van der Waals surface area contributed by atoms with Gasteiger partial charge in [0.25, 0.3) is 0 Å². The minimum atomic E-state index is 0.221. The van der Waals surface area contributed by atoms with E-state index in [0.29, 0.717) is 13.0 Å². The largest absolute Gasteiger partial charge is 0.374 e. The van der Waals surface area contributed by atoms with Crippen LogP contribution in [-0.4, -0.2) is 41.1 Å². The molecule has 1 saturated heterocycles. The van der Waals surface area contributed by atoms with Gasteiger partial charge in [0.05, 0.1) is 25.2 Å². The molecule has 1 saturated carbocycles. The van der Waals surface area contributed by atoms with Gasteiger partial charge in [-0.3, -0.25) is 4.79 Å². The summed E-state index contributed by atoms with van der Waals surface area (Å²) >= 11 is 6.66. The first-order chi connectivity index (χ1) is 9.65. The van der Waals surface area contributed by atoms with E-state index in [-0.39, 0.29) is 18.1 Å². The number of nitrogens with one attached hydrogen (secondary N) is 1. The summed E-state index contributed by atoms with van der Waals surface area (Å²) in [4.78, 5) is 18.8. The SMILES string of the molecule is Cc1[nH]c(=S)sc1CC(=O)N1CCO[C@H]2CCCC[C@@H]21. The molecule has 0 aromatic carbocycles. The van der Waals surface area contributed by atoms with Gasteiger partial charge in [-0.15, -0.1) is 11.3 Å². The highest BCUT2D eigenvalue weighted by molar-refractivity contribution is 7.73. The number of carbonyl (C=O) groups excluding carboxylic acids is 1. The van der Waals surface area contributed by atoms with Crippen LogP contribution in [0.3, 0.4) is 0 Å². The van der Waals surface area contributed by atoms with E-state index in [2.05, 4.69) is 9.88 Å². The third-order valence-corrected chi connectivity index (χ3v) is 5.62. The predicted molar refractivity (Wildman–Crippen MR) is 81.7 cm³/mol. The van der Waals surface area contributed by atoms with Crippen LogP contribution < -0.4 is 0 Å². The molecule has 2 aliphatic rings. The Hall–Kier alpha value is -0.720. The van der Waals surface area contributed by atoms with E-state index in [1.165, 1.54) is 24.2 Å². The lowest BCUT2D eigenvalue weighted by molar-refractivity contribution is -0.148. The van der Waals surface area contributed by atoms with E-state index in [4.69, 9.17) is 17.0 Å². The Balaban J connectivity index is 1.72. The fourth-order valence-electron chi connectivity index (χ4n) is 3.25. The zero-order valence-corrected chi connectivity index (χ0v) is 13.3. The second-order valence-electron chi connectivity index (χ2n) is 5.59. The molecule has 20 heavy (non-hydrogen) atoms. The number of rotatable bonds is 2. The summed E-state index contributed by atoms with van der Waals surface area (Å²) < 4.78 is 6.58. The van der Waals surface area contributed by atoms with Crippen LogP contribution in [0.4, 0.5) is 0 Å². The van der Waals surface area contributed by atoms with Gasteiger partial charge in [-0.25, -0.2) is 0 Å². The summed E-state index contributed by atoms with van der Waals surface area (Å²) in [5.41, 5.74) is 1.03. The van der Waals surface area contributed by atoms with Crippen molar-refractivity contribution in [2.24, 2.45) is 0 Å². The van der Waals surface area contributed by atoms with Crippen molar-refractivity contribution in [1.29, 1.82) is 0 Å². The summed E-state index contributed by atoms with van der Waals surface area (Å²) in [7, 11) is 0. The molecule has 2 atom stereocenters. The van der Waals surface area contributed by atoms with Crippen LogP contribution in [-0.2, 0) is 16.0 Å². The van der Waals surface area contributed by atoms with E-state index in [1.807, 2.05) is 6.92 Å². The molecule has 2 heterocycles.